The predicted octanol–water partition coefficient (Wildman–Crippen LogP) is 5.89. The van der Waals surface area contributed by atoms with Crippen molar-refractivity contribution in [2.24, 2.45) is 11.1 Å². The number of nitrogens with one attached hydrogen (secondary N) is 1. The molecular weight excluding hydrogens is 440 g/mol. The fraction of sp³-hybridized carbons (Fsp3) is 0.273. The summed E-state index contributed by atoms with van der Waals surface area (Å²) < 4.78 is 0.906. The van der Waals surface area contributed by atoms with Crippen LogP contribution < -0.4 is 5.32 Å². The minimum Gasteiger partial charge on any atom is -0.411 e. The SMILES string of the molecule is C=C(C)[C@@H]1C/C(=N\O)C[C@@H](c2cccc(Cl)c2)[C@@]12C(=O)Nc1cc(Br)ccc12. The molecule has 1 amide bonds. The van der Waals surface area contributed by atoms with Crippen molar-refractivity contribution in [1.29, 1.82) is 0 Å². The van der Waals surface area contributed by atoms with Gasteiger partial charge in [0.2, 0.25) is 5.91 Å². The lowest BCUT2D eigenvalue weighted by molar-refractivity contribution is -0.123. The highest BCUT2D eigenvalue weighted by atomic mass is 79.9. The topological polar surface area (TPSA) is 61.7 Å². The number of allylic oxidation sites excluding steroid dienone is 1. The lowest BCUT2D eigenvalue weighted by atomic mass is 9.54. The molecule has 1 saturated carbocycles. The Morgan fingerprint density at radius 1 is 1.32 bits per heavy atom. The summed E-state index contributed by atoms with van der Waals surface area (Å²) in [4.78, 5) is 13.6. The minimum atomic E-state index is -0.833. The summed E-state index contributed by atoms with van der Waals surface area (Å²) in [6.07, 6.45) is 0.968. The number of halogens is 2. The van der Waals surface area contributed by atoms with E-state index in [2.05, 4.69) is 33.0 Å². The first-order valence-electron chi connectivity index (χ1n) is 9.10. The number of amides is 1. The molecule has 2 aromatic carbocycles. The van der Waals surface area contributed by atoms with Crippen molar-refractivity contribution in [3.8, 4) is 0 Å². The molecule has 1 fully saturated rings. The molecule has 1 aliphatic heterocycles. The molecule has 0 aromatic heterocycles. The van der Waals surface area contributed by atoms with E-state index in [0.29, 0.717) is 23.6 Å². The van der Waals surface area contributed by atoms with Gasteiger partial charge in [0.15, 0.2) is 0 Å². The fourth-order valence-corrected chi connectivity index (χ4v) is 5.45. The molecule has 0 unspecified atom stereocenters. The van der Waals surface area contributed by atoms with Crippen LogP contribution in [0.1, 0.15) is 36.8 Å². The van der Waals surface area contributed by atoms with E-state index in [-0.39, 0.29) is 17.7 Å². The van der Waals surface area contributed by atoms with Crippen molar-refractivity contribution in [1.82, 2.24) is 0 Å². The first-order chi connectivity index (χ1) is 13.4. The number of carbonyl (C=O) groups is 1. The maximum absolute atomic E-state index is 13.6. The Kier molecular flexibility index (Phi) is 4.84. The van der Waals surface area contributed by atoms with Gasteiger partial charge >= 0.3 is 0 Å². The molecule has 28 heavy (non-hydrogen) atoms. The normalized spacial score (nSPS) is 27.7. The average molecular weight is 460 g/mol. The van der Waals surface area contributed by atoms with Crippen LogP contribution in [0.2, 0.25) is 5.02 Å². The van der Waals surface area contributed by atoms with Crippen LogP contribution in [0.3, 0.4) is 0 Å². The Labute approximate surface area is 177 Å². The molecule has 2 N–H and O–H groups in total. The van der Waals surface area contributed by atoms with Crippen molar-refractivity contribution in [2.45, 2.75) is 31.1 Å². The standard InChI is InChI=1S/C22H20BrClN2O2/c1-12(2)18-10-16(26-28)11-19(13-4-3-5-15(24)8-13)22(18)17-7-6-14(23)9-20(17)25-21(22)27/h3-9,18-19,28H,1,10-11H2,2H3,(H,25,27)/b26-16+/t18-,19-,22-/m0/s1. The second-order valence-corrected chi connectivity index (χ2v) is 8.95. The Balaban J connectivity index is 2.02. The van der Waals surface area contributed by atoms with E-state index < -0.39 is 5.41 Å². The van der Waals surface area contributed by atoms with Gasteiger partial charge < -0.3 is 10.5 Å². The molecule has 6 heteroatoms. The lowest BCUT2D eigenvalue weighted by Crippen LogP contribution is -2.51. The Hall–Kier alpha value is -2.11. The molecule has 0 radical (unpaired) electrons. The van der Waals surface area contributed by atoms with Gasteiger partial charge in [-0.15, -0.1) is 0 Å². The smallest absolute Gasteiger partial charge is 0.236 e. The third kappa shape index (κ3) is 2.80. The van der Waals surface area contributed by atoms with Crippen LogP contribution in [0.5, 0.6) is 0 Å². The molecule has 2 aliphatic rings. The highest BCUT2D eigenvalue weighted by molar-refractivity contribution is 9.10. The number of hydrogen-bond donors (Lipinski definition) is 2. The van der Waals surface area contributed by atoms with E-state index in [1.54, 1.807) is 0 Å². The Bertz CT molecular complexity index is 1020. The van der Waals surface area contributed by atoms with Gasteiger partial charge in [0.25, 0.3) is 0 Å². The zero-order chi connectivity index (χ0) is 20.1. The molecule has 4 nitrogen and oxygen atoms in total. The quantitative estimate of drug-likeness (QED) is 0.334. The van der Waals surface area contributed by atoms with Gasteiger partial charge in [0, 0.05) is 27.0 Å². The van der Waals surface area contributed by atoms with Crippen LogP contribution in [-0.4, -0.2) is 16.8 Å². The number of nitrogens with zero attached hydrogens (tertiary/aromatic N) is 1. The van der Waals surface area contributed by atoms with Gasteiger partial charge in [-0.2, -0.15) is 0 Å². The number of rotatable bonds is 2. The zero-order valence-corrected chi connectivity index (χ0v) is 17.7. The molecule has 0 saturated heterocycles. The molecule has 1 aliphatic carbocycles. The molecular formula is C22H20BrClN2O2. The first kappa shape index (κ1) is 19.2. The summed E-state index contributed by atoms with van der Waals surface area (Å²) in [7, 11) is 0. The van der Waals surface area contributed by atoms with Crippen molar-refractivity contribution in [3.05, 3.63) is 75.2 Å². The summed E-state index contributed by atoms with van der Waals surface area (Å²) >= 11 is 9.78. The van der Waals surface area contributed by atoms with Crippen molar-refractivity contribution in [3.63, 3.8) is 0 Å². The highest BCUT2D eigenvalue weighted by Crippen LogP contribution is 2.58. The molecule has 1 spiro atoms. The summed E-state index contributed by atoms with van der Waals surface area (Å²) in [6.45, 7) is 6.12. The second-order valence-electron chi connectivity index (χ2n) is 7.59. The molecule has 4 rings (SSSR count). The van der Waals surface area contributed by atoms with Gasteiger partial charge in [0.05, 0.1) is 11.1 Å². The average Bonchev–Trinajstić information content (AvgIpc) is 2.93. The van der Waals surface area contributed by atoms with Crippen LogP contribution in [0.25, 0.3) is 0 Å². The zero-order valence-electron chi connectivity index (χ0n) is 15.4. The minimum absolute atomic E-state index is 0.0458. The van der Waals surface area contributed by atoms with Crippen molar-refractivity contribution in [2.75, 3.05) is 5.32 Å². The van der Waals surface area contributed by atoms with Crippen molar-refractivity contribution >= 4 is 44.8 Å². The van der Waals surface area contributed by atoms with E-state index in [1.165, 1.54) is 0 Å². The monoisotopic (exact) mass is 458 g/mol. The maximum atomic E-state index is 13.6. The van der Waals surface area contributed by atoms with Crippen LogP contribution in [0.4, 0.5) is 5.69 Å². The molecule has 1 heterocycles. The van der Waals surface area contributed by atoms with Gasteiger partial charge in [-0.05, 0) is 55.2 Å². The number of fused-ring (bicyclic) bond motifs is 2. The highest BCUT2D eigenvalue weighted by Gasteiger charge is 2.60. The predicted molar refractivity (Wildman–Crippen MR) is 115 cm³/mol. The molecule has 144 valence electrons. The lowest BCUT2D eigenvalue weighted by Gasteiger charge is -2.46. The largest absolute Gasteiger partial charge is 0.411 e. The van der Waals surface area contributed by atoms with Crippen molar-refractivity contribution < 1.29 is 10.0 Å². The summed E-state index contributed by atoms with van der Waals surface area (Å²) in [6, 6.07) is 13.5. The van der Waals surface area contributed by atoms with E-state index in [1.807, 2.05) is 49.4 Å². The molecule has 3 atom stereocenters. The van der Waals surface area contributed by atoms with Crippen LogP contribution in [0.15, 0.2) is 64.2 Å². The van der Waals surface area contributed by atoms with Crippen LogP contribution in [0, 0.1) is 5.92 Å². The van der Waals surface area contributed by atoms with Crippen LogP contribution >= 0.6 is 27.5 Å². The summed E-state index contributed by atoms with van der Waals surface area (Å²) in [5.74, 6) is -0.468. The van der Waals surface area contributed by atoms with Gasteiger partial charge in [0.1, 0.15) is 0 Å². The number of oxime groups is 1. The van der Waals surface area contributed by atoms with Gasteiger partial charge in [-0.25, -0.2) is 0 Å². The van der Waals surface area contributed by atoms with Gasteiger partial charge in [-0.3, -0.25) is 4.79 Å². The maximum Gasteiger partial charge on any atom is 0.236 e. The van der Waals surface area contributed by atoms with E-state index >= 15 is 0 Å². The molecule has 2 aromatic rings. The number of hydrogen-bond acceptors (Lipinski definition) is 3. The summed E-state index contributed by atoms with van der Waals surface area (Å²) in [5, 5.41) is 16.8. The van der Waals surface area contributed by atoms with E-state index in [0.717, 1.165) is 26.9 Å². The Morgan fingerprint density at radius 2 is 2.11 bits per heavy atom. The number of carbonyl (C=O) groups excluding carboxylic acids is 1. The van der Waals surface area contributed by atoms with Gasteiger partial charge in [-0.1, -0.05) is 63.0 Å². The number of benzene rings is 2. The number of anilines is 1. The molecule has 0 bridgehead atoms. The van der Waals surface area contributed by atoms with Crippen LogP contribution in [-0.2, 0) is 10.2 Å². The third-order valence-corrected chi connectivity index (χ3v) is 6.75. The third-order valence-electron chi connectivity index (χ3n) is 6.02. The Morgan fingerprint density at radius 3 is 2.79 bits per heavy atom. The first-order valence-corrected chi connectivity index (χ1v) is 10.3. The summed E-state index contributed by atoms with van der Waals surface area (Å²) in [5.41, 5.74) is 3.43. The fourth-order valence-electron chi connectivity index (χ4n) is 4.89. The van der Waals surface area contributed by atoms with E-state index in [9.17, 15) is 10.0 Å². The second kappa shape index (κ2) is 7.05. The van der Waals surface area contributed by atoms with E-state index in [4.69, 9.17) is 11.6 Å².